The molecule has 1 aliphatic carbocycles. The Kier molecular flexibility index (Phi) is 6.16. The molecule has 30 heavy (non-hydrogen) atoms. The molecule has 168 valence electrons. The zero-order valence-corrected chi connectivity index (χ0v) is 18.0. The fourth-order valence-electron chi connectivity index (χ4n) is 3.47. The van der Waals surface area contributed by atoms with E-state index in [-0.39, 0.29) is 24.4 Å². The van der Waals surface area contributed by atoms with Gasteiger partial charge in [-0.25, -0.2) is 4.79 Å². The molecule has 4 N–H and O–H groups in total. The number of aromatic nitrogens is 2. The summed E-state index contributed by atoms with van der Waals surface area (Å²) in [5.41, 5.74) is -3.10. The van der Waals surface area contributed by atoms with Gasteiger partial charge in [0.2, 0.25) is 0 Å². The molecule has 0 aromatic carbocycles. The lowest BCUT2D eigenvalue weighted by atomic mass is 10.1. The van der Waals surface area contributed by atoms with Crippen LogP contribution in [0.15, 0.2) is 27.2 Å². The zero-order chi connectivity index (χ0) is 22.5. The van der Waals surface area contributed by atoms with Gasteiger partial charge >= 0.3 is 20.9 Å². The molecule has 13 nitrogen and oxygen atoms in total. The predicted molar refractivity (Wildman–Crippen MR) is 101 cm³/mol. The van der Waals surface area contributed by atoms with Crippen molar-refractivity contribution in [1.82, 2.24) is 9.55 Å². The summed E-state index contributed by atoms with van der Waals surface area (Å²) in [6.45, 7) is 2.44. The number of nitrogens with zero attached hydrogens (tertiary/aromatic N) is 1. The fraction of sp³-hybridized carbons (Fsp3) is 0.600. The highest BCUT2D eigenvalue weighted by atomic mass is 31.2. The topological polar surface area (TPSA) is 187 Å². The van der Waals surface area contributed by atoms with Crippen molar-refractivity contribution in [2.45, 2.75) is 31.0 Å². The quantitative estimate of drug-likeness (QED) is 0.282. The van der Waals surface area contributed by atoms with Crippen molar-refractivity contribution in [3.05, 3.63) is 44.0 Å². The van der Waals surface area contributed by atoms with Gasteiger partial charge in [-0.1, -0.05) is 0 Å². The van der Waals surface area contributed by atoms with Gasteiger partial charge in [-0.3, -0.25) is 28.0 Å². The number of hydrogen-bond acceptors (Lipinski definition) is 8. The molecule has 1 aromatic heterocycles. The molecule has 1 unspecified atom stereocenters. The number of nitrogens with one attached hydrogen (secondary N) is 1. The fourth-order valence-corrected chi connectivity index (χ4v) is 5.03. The Labute approximate surface area is 169 Å². The van der Waals surface area contributed by atoms with E-state index in [1.54, 1.807) is 0 Å². The summed E-state index contributed by atoms with van der Waals surface area (Å²) in [7, 11) is -7.46. The minimum atomic E-state index is -4.68. The minimum Gasteiger partial charge on any atom is -0.382 e. The van der Waals surface area contributed by atoms with Crippen LogP contribution in [0, 0.1) is 6.92 Å². The van der Waals surface area contributed by atoms with Crippen LogP contribution in [0.5, 0.6) is 0 Å². The number of aryl methyl sites for hydroxylation is 1. The first-order valence-corrected chi connectivity index (χ1v) is 12.4. The van der Waals surface area contributed by atoms with E-state index in [4.69, 9.17) is 18.7 Å². The lowest BCUT2D eigenvalue weighted by Gasteiger charge is -2.29. The van der Waals surface area contributed by atoms with Crippen molar-refractivity contribution in [2.24, 2.45) is 0 Å². The molecule has 2 aliphatic rings. The second-order valence-corrected chi connectivity index (χ2v) is 10.3. The van der Waals surface area contributed by atoms with Crippen LogP contribution in [0.25, 0.3) is 0 Å². The van der Waals surface area contributed by atoms with Crippen molar-refractivity contribution >= 4 is 15.2 Å². The number of hydrogen-bond donors (Lipinski definition) is 4. The number of rotatable bonds is 8. The van der Waals surface area contributed by atoms with Gasteiger partial charge in [-0.05, 0) is 6.92 Å². The first kappa shape index (κ1) is 23.3. The van der Waals surface area contributed by atoms with Crippen LogP contribution >= 0.6 is 15.2 Å². The Morgan fingerprint density at radius 3 is 2.53 bits per heavy atom. The third-order valence-electron chi connectivity index (χ3n) is 4.63. The van der Waals surface area contributed by atoms with Crippen LogP contribution in [0.4, 0.5) is 0 Å². The van der Waals surface area contributed by atoms with Crippen LogP contribution < -0.4 is 11.2 Å². The van der Waals surface area contributed by atoms with E-state index in [0.717, 1.165) is 11.2 Å². The normalized spacial score (nSPS) is 31.5. The Morgan fingerprint density at radius 2 is 1.97 bits per heavy atom. The second-order valence-electron chi connectivity index (χ2n) is 7.03. The highest BCUT2D eigenvalue weighted by molar-refractivity contribution is 7.55. The molecule has 15 heteroatoms. The highest BCUT2D eigenvalue weighted by Crippen LogP contribution is 2.68. The summed E-state index contributed by atoms with van der Waals surface area (Å²) >= 11 is 0. The highest BCUT2D eigenvalue weighted by Gasteiger charge is 2.77. The van der Waals surface area contributed by atoms with Crippen LogP contribution in [0.1, 0.15) is 11.8 Å². The lowest BCUT2D eigenvalue weighted by molar-refractivity contribution is -0.0970. The van der Waals surface area contributed by atoms with Crippen LogP contribution in [0.2, 0.25) is 0 Å². The molecule has 1 aromatic rings. The predicted octanol–water partition coefficient (Wildman–Crippen LogP) is -0.580. The van der Waals surface area contributed by atoms with Crippen LogP contribution in [0.3, 0.4) is 0 Å². The summed E-state index contributed by atoms with van der Waals surface area (Å²) in [6, 6.07) is 0. The average Bonchev–Trinajstić information content (AvgIpc) is 3.00. The third kappa shape index (κ3) is 4.45. The number of ether oxygens (including phenoxy) is 3. The average molecular weight is 468 g/mol. The van der Waals surface area contributed by atoms with Crippen LogP contribution in [-0.2, 0) is 27.9 Å². The Balaban J connectivity index is 2.10. The molecule has 3 rings (SSSR count). The van der Waals surface area contributed by atoms with E-state index in [2.05, 4.69) is 4.98 Å². The van der Waals surface area contributed by atoms with E-state index < -0.39 is 50.5 Å². The maximum absolute atomic E-state index is 12.3. The molecular formula is C15H22N2O11P2. The summed E-state index contributed by atoms with van der Waals surface area (Å²) in [5.74, 6) is 0.594. The van der Waals surface area contributed by atoms with Gasteiger partial charge in [0.05, 0.1) is 13.2 Å². The van der Waals surface area contributed by atoms with E-state index in [1.165, 1.54) is 20.2 Å². The number of fused-ring (bicyclic) bond motifs is 1. The maximum atomic E-state index is 12.3. The first-order chi connectivity index (χ1) is 13.8. The molecule has 0 bridgehead atoms. The van der Waals surface area contributed by atoms with E-state index in [1.807, 2.05) is 0 Å². The maximum Gasteiger partial charge on any atom is 0.349 e. The number of H-pyrrole nitrogens is 1. The van der Waals surface area contributed by atoms with Crippen LogP contribution in [-0.4, -0.2) is 69.0 Å². The molecule has 2 fully saturated rings. The second kappa shape index (κ2) is 7.94. The van der Waals surface area contributed by atoms with E-state index in [0.29, 0.717) is 5.82 Å². The van der Waals surface area contributed by atoms with Crippen molar-refractivity contribution in [1.29, 1.82) is 0 Å². The standard InChI is InChI=1S/C15H22N2O11P2/c1-8-6-17(14(19)16-12(8)18)13-11(26-5-4-25-2)15(28-29(3,20)21)9(10(15)27-13)7-30(22,23)24/h6-7,10-11,13H,4-5H2,1-3H3,(H,20,21)(H,16,18,19)(H2,22,23,24)/b9-7-/t10-,11+,13-,15-/m1/s1. The summed E-state index contributed by atoms with van der Waals surface area (Å²) in [5, 5.41) is 0. The van der Waals surface area contributed by atoms with Crippen molar-refractivity contribution in [3.63, 3.8) is 0 Å². The molecule has 0 amide bonds. The summed E-state index contributed by atoms with van der Waals surface area (Å²) in [6.07, 6.45) is -2.38. The van der Waals surface area contributed by atoms with Gasteiger partial charge in [0, 0.05) is 36.9 Å². The largest absolute Gasteiger partial charge is 0.382 e. The van der Waals surface area contributed by atoms with Gasteiger partial charge in [0.15, 0.2) is 11.8 Å². The smallest absolute Gasteiger partial charge is 0.349 e. The van der Waals surface area contributed by atoms with Gasteiger partial charge < -0.3 is 28.9 Å². The van der Waals surface area contributed by atoms with Gasteiger partial charge in [0.25, 0.3) is 5.56 Å². The molecule has 0 spiro atoms. The monoisotopic (exact) mass is 468 g/mol. The van der Waals surface area contributed by atoms with Gasteiger partial charge in [-0.15, -0.1) is 0 Å². The Hall–Kier alpha value is -1.40. The lowest BCUT2D eigenvalue weighted by Crippen LogP contribution is -2.43. The molecule has 1 saturated heterocycles. The molecule has 2 heterocycles. The van der Waals surface area contributed by atoms with Crippen molar-refractivity contribution in [2.75, 3.05) is 27.0 Å². The molecule has 1 aliphatic heterocycles. The molecule has 0 radical (unpaired) electrons. The van der Waals surface area contributed by atoms with Crippen molar-refractivity contribution in [3.8, 4) is 0 Å². The summed E-state index contributed by atoms with van der Waals surface area (Å²) < 4.78 is 46.3. The molecule has 5 atom stereocenters. The van der Waals surface area contributed by atoms with E-state index >= 15 is 0 Å². The van der Waals surface area contributed by atoms with Crippen molar-refractivity contribution < 1.29 is 42.5 Å². The first-order valence-electron chi connectivity index (χ1n) is 8.67. The SMILES string of the molecule is COCCO[C@H]1[C@H](n2cc(C)c(=O)[nH]c2=O)O[C@@H]2/C(=C/P(=O)(O)O)[C@@]21OP(C)(=O)O. The zero-order valence-electron chi connectivity index (χ0n) is 16.3. The Morgan fingerprint density at radius 1 is 1.30 bits per heavy atom. The Bertz CT molecular complexity index is 1070. The minimum absolute atomic E-state index is 0.0431. The van der Waals surface area contributed by atoms with Gasteiger partial charge in [0.1, 0.15) is 12.2 Å². The third-order valence-corrected chi connectivity index (χ3v) is 5.88. The molecular weight excluding hydrogens is 446 g/mol. The number of aromatic amines is 1. The molecule has 1 saturated carbocycles. The van der Waals surface area contributed by atoms with E-state index in [9.17, 15) is 33.4 Å². The summed E-state index contributed by atoms with van der Waals surface area (Å²) in [4.78, 5) is 54.6. The van der Waals surface area contributed by atoms with Gasteiger partial charge in [-0.2, -0.15) is 0 Å². The number of methoxy groups -OCH3 is 1.